The lowest BCUT2D eigenvalue weighted by atomic mass is 10.0. The average molecular weight is 300 g/mol. The fourth-order valence-electron chi connectivity index (χ4n) is 2.42. The summed E-state index contributed by atoms with van der Waals surface area (Å²) >= 11 is 0. The van der Waals surface area contributed by atoms with Gasteiger partial charge in [-0.25, -0.2) is 9.59 Å². The number of nitrogens with zero attached hydrogens (tertiary/aromatic N) is 1. The molecular formula is C14H24N2O5. The van der Waals surface area contributed by atoms with Crippen molar-refractivity contribution in [3.05, 3.63) is 0 Å². The van der Waals surface area contributed by atoms with Crippen molar-refractivity contribution in [1.82, 2.24) is 10.2 Å². The summed E-state index contributed by atoms with van der Waals surface area (Å²) in [5.74, 6) is -1.35. The van der Waals surface area contributed by atoms with Crippen LogP contribution in [0.25, 0.3) is 0 Å². The molecule has 21 heavy (non-hydrogen) atoms. The molecule has 2 amide bonds. The van der Waals surface area contributed by atoms with E-state index < -0.39 is 24.0 Å². The number of amides is 2. The minimum Gasteiger partial charge on any atom is -0.481 e. The molecule has 0 aromatic rings. The minimum atomic E-state index is -0.956. The highest BCUT2D eigenvalue weighted by Crippen LogP contribution is 2.18. The molecule has 1 rings (SSSR count). The predicted octanol–water partition coefficient (Wildman–Crippen LogP) is 1.37. The van der Waals surface area contributed by atoms with Gasteiger partial charge in [-0.05, 0) is 32.6 Å². The van der Waals surface area contributed by atoms with Crippen LogP contribution in [0.1, 0.15) is 46.0 Å². The van der Waals surface area contributed by atoms with Crippen LogP contribution < -0.4 is 5.32 Å². The Labute approximate surface area is 124 Å². The number of urea groups is 1. The standard InChI is InChI=1S/C14H24N2O5/c1-3-10(9-12(17)18)15-14(20)16-8-6-5-7-11(16)13(19)21-4-2/h10-11H,3-9H2,1-2H3,(H,15,20)(H,17,18). The van der Waals surface area contributed by atoms with E-state index in [0.29, 0.717) is 19.4 Å². The molecule has 7 heteroatoms. The Morgan fingerprint density at radius 3 is 2.62 bits per heavy atom. The van der Waals surface area contributed by atoms with Crippen molar-refractivity contribution in [3.8, 4) is 0 Å². The Balaban J connectivity index is 2.67. The van der Waals surface area contributed by atoms with Crippen molar-refractivity contribution in [3.63, 3.8) is 0 Å². The first-order valence-electron chi connectivity index (χ1n) is 7.45. The van der Waals surface area contributed by atoms with E-state index in [4.69, 9.17) is 9.84 Å². The van der Waals surface area contributed by atoms with Gasteiger partial charge in [-0.15, -0.1) is 0 Å². The number of piperidine rings is 1. The minimum absolute atomic E-state index is 0.125. The average Bonchev–Trinajstić information content (AvgIpc) is 2.46. The molecule has 0 bridgehead atoms. The highest BCUT2D eigenvalue weighted by molar-refractivity contribution is 5.84. The molecule has 0 spiro atoms. The summed E-state index contributed by atoms with van der Waals surface area (Å²) in [5.41, 5.74) is 0. The monoisotopic (exact) mass is 300 g/mol. The van der Waals surface area contributed by atoms with Gasteiger partial charge in [0.15, 0.2) is 0 Å². The molecule has 2 unspecified atom stereocenters. The predicted molar refractivity (Wildman–Crippen MR) is 75.8 cm³/mol. The first-order chi connectivity index (χ1) is 9.99. The van der Waals surface area contributed by atoms with Crippen LogP contribution in [0.2, 0.25) is 0 Å². The molecule has 7 nitrogen and oxygen atoms in total. The van der Waals surface area contributed by atoms with Crippen LogP contribution in [0, 0.1) is 0 Å². The lowest BCUT2D eigenvalue weighted by Crippen LogP contribution is -2.54. The van der Waals surface area contributed by atoms with Gasteiger partial charge in [0.1, 0.15) is 6.04 Å². The van der Waals surface area contributed by atoms with Crippen molar-refractivity contribution < 1.29 is 24.2 Å². The lowest BCUT2D eigenvalue weighted by Gasteiger charge is -2.34. The summed E-state index contributed by atoms with van der Waals surface area (Å²) in [7, 11) is 0. The van der Waals surface area contributed by atoms with Gasteiger partial charge in [-0.1, -0.05) is 6.92 Å². The third-order valence-electron chi connectivity index (χ3n) is 3.56. The van der Waals surface area contributed by atoms with E-state index in [2.05, 4.69) is 5.32 Å². The van der Waals surface area contributed by atoms with Crippen LogP contribution in [-0.2, 0) is 14.3 Å². The van der Waals surface area contributed by atoms with E-state index in [-0.39, 0.29) is 19.1 Å². The van der Waals surface area contributed by atoms with Gasteiger partial charge >= 0.3 is 18.0 Å². The summed E-state index contributed by atoms with van der Waals surface area (Å²) in [5, 5.41) is 11.5. The van der Waals surface area contributed by atoms with Crippen molar-refractivity contribution in [2.75, 3.05) is 13.2 Å². The van der Waals surface area contributed by atoms with Crippen LogP contribution in [0.5, 0.6) is 0 Å². The van der Waals surface area contributed by atoms with E-state index in [1.54, 1.807) is 6.92 Å². The van der Waals surface area contributed by atoms with Gasteiger partial charge in [0.2, 0.25) is 0 Å². The summed E-state index contributed by atoms with van der Waals surface area (Å²) in [6.07, 6.45) is 2.69. The number of carbonyl (C=O) groups excluding carboxylic acids is 2. The third-order valence-corrected chi connectivity index (χ3v) is 3.56. The number of ether oxygens (including phenoxy) is 1. The first-order valence-corrected chi connectivity index (χ1v) is 7.45. The van der Waals surface area contributed by atoms with E-state index in [0.717, 1.165) is 12.8 Å². The van der Waals surface area contributed by atoms with Crippen LogP contribution in [0.3, 0.4) is 0 Å². The van der Waals surface area contributed by atoms with Gasteiger partial charge in [-0.3, -0.25) is 4.79 Å². The molecule has 1 aliphatic heterocycles. The number of likely N-dealkylation sites (tertiary alicyclic amines) is 1. The summed E-state index contributed by atoms with van der Waals surface area (Å²) in [6.45, 7) is 4.30. The molecule has 1 aliphatic rings. The van der Waals surface area contributed by atoms with Crippen LogP contribution in [-0.4, -0.2) is 53.2 Å². The summed E-state index contributed by atoms with van der Waals surface area (Å²) < 4.78 is 5.00. The fraction of sp³-hybridized carbons (Fsp3) is 0.786. The normalized spacial score (nSPS) is 19.7. The number of esters is 1. The van der Waals surface area contributed by atoms with Gasteiger partial charge in [0.05, 0.1) is 13.0 Å². The lowest BCUT2D eigenvalue weighted by molar-refractivity contribution is -0.149. The Hall–Kier alpha value is -1.79. The van der Waals surface area contributed by atoms with Crippen molar-refractivity contribution >= 4 is 18.0 Å². The van der Waals surface area contributed by atoms with E-state index in [9.17, 15) is 14.4 Å². The third kappa shape index (κ3) is 5.24. The van der Waals surface area contributed by atoms with E-state index >= 15 is 0 Å². The first kappa shape index (κ1) is 17.3. The molecule has 0 radical (unpaired) electrons. The molecule has 0 aliphatic carbocycles. The Morgan fingerprint density at radius 2 is 2.05 bits per heavy atom. The summed E-state index contributed by atoms with van der Waals surface area (Å²) in [4.78, 5) is 36.4. The molecule has 0 aromatic heterocycles. The summed E-state index contributed by atoms with van der Waals surface area (Å²) in [6, 6.07) is -1.39. The smallest absolute Gasteiger partial charge is 0.328 e. The molecule has 1 fully saturated rings. The molecule has 1 saturated heterocycles. The Bertz CT molecular complexity index is 386. The topological polar surface area (TPSA) is 95.9 Å². The van der Waals surface area contributed by atoms with Gasteiger partial charge in [-0.2, -0.15) is 0 Å². The molecule has 2 atom stereocenters. The Morgan fingerprint density at radius 1 is 1.33 bits per heavy atom. The highest BCUT2D eigenvalue weighted by atomic mass is 16.5. The van der Waals surface area contributed by atoms with Crippen LogP contribution in [0.15, 0.2) is 0 Å². The number of carbonyl (C=O) groups is 3. The molecule has 0 saturated carbocycles. The number of hydrogen-bond acceptors (Lipinski definition) is 4. The zero-order valence-corrected chi connectivity index (χ0v) is 12.6. The highest BCUT2D eigenvalue weighted by Gasteiger charge is 2.33. The molecular weight excluding hydrogens is 276 g/mol. The van der Waals surface area contributed by atoms with Gasteiger partial charge in [0, 0.05) is 12.6 Å². The number of rotatable bonds is 6. The molecule has 120 valence electrons. The zero-order valence-electron chi connectivity index (χ0n) is 12.6. The second-order valence-corrected chi connectivity index (χ2v) is 5.11. The maximum Gasteiger partial charge on any atom is 0.328 e. The number of nitrogens with one attached hydrogen (secondary N) is 1. The largest absolute Gasteiger partial charge is 0.481 e. The number of carboxylic acids is 1. The second-order valence-electron chi connectivity index (χ2n) is 5.11. The molecule has 1 heterocycles. The van der Waals surface area contributed by atoms with E-state index in [1.807, 2.05) is 6.92 Å². The van der Waals surface area contributed by atoms with Crippen LogP contribution in [0.4, 0.5) is 4.79 Å². The molecule has 2 N–H and O–H groups in total. The van der Waals surface area contributed by atoms with Crippen molar-refractivity contribution in [1.29, 1.82) is 0 Å². The maximum atomic E-state index is 12.3. The van der Waals surface area contributed by atoms with Crippen molar-refractivity contribution in [2.45, 2.75) is 58.0 Å². The SMILES string of the molecule is CCOC(=O)C1CCCCN1C(=O)NC(CC)CC(=O)O. The number of carboxylic acid groups (broad SMARTS) is 1. The molecule has 0 aromatic carbocycles. The van der Waals surface area contributed by atoms with E-state index in [1.165, 1.54) is 4.90 Å². The van der Waals surface area contributed by atoms with Gasteiger partial charge < -0.3 is 20.1 Å². The number of hydrogen-bond donors (Lipinski definition) is 2. The quantitative estimate of drug-likeness (QED) is 0.722. The van der Waals surface area contributed by atoms with Crippen molar-refractivity contribution in [2.24, 2.45) is 0 Å². The van der Waals surface area contributed by atoms with Crippen LogP contribution >= 0.6 is 0 Å². The fourth-order valence-corrected chi connectivity index (χ4v) is 2.42. The zero-order chi connectivity index (χ0) is 15.8. The van der Waals surface area contributed by atoms with Gasteiger partial charge in [0.25, 0.3) is 0 Å². The number of aliphatic carboxylic acids is 1. The second kappa shape index (κ2) is 8.49. The Kier molecular flexibility index (Phi) is 6.98. The maximum absolute atomic E-state index is 12.3.